The van der Waals surface area contributed by atoms with Crippen molar-refractivity contribution in [1.82, 2.24) is 20.1 Å². The predicted octanol–water partition coefficient (Wildman–Crippen LogP) is 2.64. The predicted molar refractivity (Wildman–Crippen MR) is 114 cm³/mol. The molecule has 1 saturated carbocycles. The van der Waals surface area contributed by atoms with E-state index in [1.807, 2.05) is 11.6 Å². The van der Waals surface area contributed by atoms with Crippen LogP contribution in [0, 0.1) is 5.41 Å². The van der Waals surface area contributed by atoms with Gasteiger partial charge in [0.1, 0.15) is 6.26 Å². The molecule has 5 rings (SSSR count). The van der Waals surface area contributed by atoms with Gasteiger partial charge in [-0.2, -0.15) is 5.10 Å². The lowest BCUT2D eigenvalue weighted by Crippen LogP contribution is -2.40. The molecule has 1 amide bonds. The molecule has 4 heterocycles. The van der Waals surface area contributed by atoms with Crippen molar-refractivity contribution in [2.24, 2.45) is 5.41 Å². The molecule has 0 radical (unpaired) electrons. The van der Waals surface area contributed by atoms with E-state index in [-0.39, 0.29) is 23.6 Å². The number of fused-ring (bicyclic) bond motifs is 1. The van der Waals surface area contributed by atoms with Crippen LogP contribution in [0.3, 0.4) is 0 Å². The first-order valence-corrected chi connectivity index (χ1v) is 11.7. The highest BCUT2D eigenvalue weighted by molar-refractivity contribution is 5.97. The van der Waals surface area contributed by atoms with Gasteiger partial charge in [0.2, 0.25) is 0 Å². The number of nitrogens with one attached hydrogen (secondary N) is 1. The molecule has 172 valence electrons. The molecule has 0 unspecified atom stereocenters. The second-order valence-corrected chi connectivity index (χ2v) is 9.15. The molecule has 2 aromatic heterocycles. The summed E-state index contributed by atoms with van der Waals surface area (Å²) in [6.45, 7) is 4.98. The Balaban J connectivity index is 1.24. The molecule has 0 atom stereocenters. The molecule has 9 nitrogen and oxygen atoms in total. The van der Waals surface area contributed by atoms with Crippen molar-refractivity contribution in [2.75, 3.05) is 26.4 Å². The fourth-order valence-corrected chi connectivity index (χ4v) is 4.71. The first-order valence-electron chi connectivity index (χ1n) is 11.7. The number of nitrogens with zero attached hydrogens (tertiary/aromatic N) is 3. The van der Waals surface area contributed by atoms with E-state index in [0.717, 1.165) is 62.3 Å². The topological polar surface area (TPSA) is 108 Å². The SMILES string of the molecule is CCc1nn(CCCOC(=O)c2coc(C3CC3)n2)c2c1C(=O)NCC1(CCOCC1)C2. The third-order valence-electron chi connectivity index (χ3n) is 6.82. The Bertz CT molecular complexity index is 1000. The van der Waals surface area contributed by atoms with Gasteiger partial charge in [-0.3, -0.25) is 9.48 Å². The Morgan fingerprint density at radius 3 is 2.91 bits per heavy atom. The molecule has 2 fully saturated rings. The summed E-state index contributed by atoms with van der Waals surface area (Å²) in [6.07, 6.45) is 7.47. The van der Waals surface area contributed by atoms with Crippen molar-refractivity contribution >= 4 is 11.9 Å². The van der Waals surface area contributed by atoms with Crippen LogP contribution in [0.1, 0.15) is 83.1 Å². The number of aromatic nitrogens is 3. The second-order valence-electron chi connectivity index (χ2n) is 9.15. The van der Waals surface area contributed by atoms with Crippen molar-refractivity contribution in [3.05, 3.63) is 34.8 Å². The lowest BCUT2D eigenvalue weighted by molar-refractivity contribution is 0.0152. The third kappa shape index (κ3) is 4.18. The van der Waals surface area contributed by atoms with E-state index in [2.05, 4.69) is 10.3 Å². The van der Waals surface area contributed by atoms with E-state index >= 15 is 0 Å². The standard InChI is InChI=1S/C23H30N4O5/c1-2-16-19-18(12-23(14-24-20(19)28)6-10-30-11-7-23)27(26-16)8-3-9-31-22(29)17-13-32-21(25-17)15-4-5-15/h13,15H,2-12,14H2,1H3,(H,24,28). The van der Waals surface area contributed by atoms with E-state index in [4.69, 9.17) is 19.0 Å². The molecule has 0 aromatic carbocycles. The number of oxazole rings is 1. The number of rotatable bonds is 7. The largest absolute Gasteiger partial charge is 0.461 e. The van der Waals surface area contributed by atoms with Crippen LogP contribution in [0.2, 0.25) is 0 Å². The molecule has 2 aliphatic heterocycles. The number of ether oxygens (including phenoxy) is 2. The molecule has 9 heteroatoms. The van der Waals surface area contributed by atoms with Gasteiger partial charge in [-0.05, 0) is 43.9 Å². The van der Waals surface area contributed by atoms with E-state index < -0.39 is 5.97 Å². The van der Waals surface area contributed by atoms with Gasteiger partial charge in [-0.25, -0.2) is 9.78 Å². The van der Waals surface area contributed by atoms with Gasteiger partial charge in [0, 0.05) is 38.6 Å². The van der Waals surface area contributed by atoms with E-state index in [0.29, 0.717) is 37.7 Å². The zero-order valence-electron chi connectivity index (χ0n) is 18.5. The van der Waals surface area contributed by atoms with Gasteiger partial charge < -0.3 is 19.2 Å². The summed E-state index contributed by atoms with van der Waals surface area (Å²) in [6, 6.07) is 0. The number of hydrogen-bond donors (Lipinski definition) is 1. The van der Waals surface area contributed by atoms with Crippen LogP contribution in [-0.4, -0.2) is 53.0 Å². The number of aryl methyl sites for hydroxylation is 2. The monoisotopic (exact) mass is 442 g/mol. The lowest BCUT2D eigenvalue weighted by Gasteiger charge is -2.36. The van der Waals surface area contributed by atoms with Crippen molar-refractivity contribution in [2.45, 2.75) is 64.3 Å². The summed E-state index contributed by atoms with van der Waals surface area (Å²) >= 11 is 0. The Labute approximate surface area is 186 Å². The summed E-state index contributed by atoms with van der Waals surface area (Å²) in [7, 11) is 0. The fraction of sp³-hybridized carbons (Fsp3) is 0.652. The molecule has 2 aromatic rings. The van der Waals surface area contributed by atoms with Gasteiger partial charge in [-0.15, -0.1) is 0 Å². The number of carbonyl (C=O) groups is 2. The number of carbonyl (C=O) groups excluding carboxylic acids is 2. The minimum absolute atomic E-state index is 0.0145. The van der Waals surface area contributed by atoms with Gasteiger partial charge in [0.05, 0.1) is 23.6 Å². The second kappa shape index (κ2) is 8.69. The van der Waals surface area contributed by atoms with E-state index in [1.165, 1.54) is 6.26 Å². The van der Waals surface area contributed by atoms with Crippen LogP contribution in [0.5, 0.6) is 0 Å². The molecule has 0 bridgehead atoms. The molecule has 1 saturated heterocycles. The van der Waals surface area contributed by atoms with Crippen LogP contribution >= 0.6 is 0 Å². The first-order chi connectivity index (χ1) is 15.6. The highest BCUT2D eigenvalue weighted by atomic mass is 16.5. The van der Waals surface area contributed by atoms with Crippen LogP contribution in [0.25, 0.3) is 0 Å². The van der Waals surface area contributed by atoms with Gasteiger partial charge in [-0.1, -0.05) is 6.92 Å². The average Bonchev–Trinajstić information content (AvgIpc) is 3.46. The quantitative estimate of drug-likeness (QED) is 0.519. The highest BCUT2D eigenvalue weighted by Gasteiger charge is 2.39. The molecular weight excluding hydrogens is 412 g/mol. The summed E-state index contributed by atoms with van der Waals surface area (Å²) in [5, 5.41) is 7.87. The molecule has 32 heavy (non-hydrogen) atoms. The van der Waals surface area contributed by atoms with Crippen LogP contribution in [-0.2, 0) is 28.9 Å². The maximum absolute atomic E-state index is 12.9. The minimum Gasteiger partial charge on any atom is -0.461 e. The Morgan fingerprint density at radius 1 is 1.34 bits per heavy atom. The molecular formula is C23H30N4O5. The average molecular weight is 443 g/mol. The van der Waals surface area contributed by atoms with Gasteiger partial charge >= 0.3 is 5.97 Å². The minimum atomic E-state index is -0.463. The Morgan fingerprint density at radius 2 is 2.16 bits per heavy atom. The summed E-state index contributed by atoms with van der Waals surface area (Å²) < 4.78 is 18.3. The summed E-state index contributed by atoms with van der Waals surface area (Å²) in [4.78, 5) is 29.4. The maximum atomic E-state index is 12.9. The summed E-state index contributed by atoms with van der Waals surface area (Å²) in [5.41, 5.74) is 2.79. The number of amides is 1. The maximum Gasteiger partial charge on any atom is 0.360 e. The van der Waals surface area contributed by atoms with Crippen LogP contribution < -0.4 is 5.32 Å². The van der Waals surface area contributed by atoms with Crippen LogP contribution in [0.15, 0.2) is 10.7 Å². The van der Waals surface area contributed by atoms with Gasteiger partial charge in [0.25, 0.3) is 5.91 Å². The first kappa shape index (κ1) is 21.2. The normalized spacial score (nSPS) is 20.0. The Hall–Kier alpha value is -2.68. The smallest absolute Gasteiger partial charge is 0.360 e. The zero-order chi connectivity index (χ0) is 22.1. The summed E-state index contributed by atoms with van der Waals surface area (Å²) in [5.74, 6) is 0.490. The molecule has 3 aliphatic rings. The van der Waals surface area contributed by atoms with E-state index in [9.17, 15) is 9.59 Å². The molecule has 1 N–H and O–H groups in total. The van der Waals surface area contributed by atoms with Gasteiger partial charge in [0.15, 0.2) is 11.6 Å². The highest BCUT2D eigenvalue weighted by Crippen LogP contribution is 2.39. The third-order valence-corrected chi connectivity index (χ3v) is 6.82. The number of esters is 1. The van der Waals surface area contributed by atoms with Crippen molar-refractivity contribution in [1.29, 1.82) is 0 Å². The van der Waals surface area contributed by atoms with Crippen molar-refractivity contribution in [3.8, 4) is 0 Å². The lowest BCUT2D eigenvalue weighted by atomic mass is 9.76. The Kier molecular flexibility index (Phi) is 5.75. The molecule has 1 aliphatic carbocycles. The zero-order valence-corrected chi connectivity index (χ0v) is 18.5. The molecule has 1 spiro atoms. The number of hydrogen-bond acceptors (Lipinski definition) is 7. The van der Waals surface area contributed by atoms with E-state index in [1.54, 1.807) is 0 Å². The fourth-order valence-electron chi connectivity index (χ4n) is 4.71. The van der Waals surface area contributed by atoms with Crippen molar-refractivity contribution in [3.63, 3.8) is 0 Å². The van der Waals surface area contributed by atoms with Crippen molar-refractivity contribution < 1.29 is 23.5 Å². The van der Waals surface area contributed by atoms with Crippen LogP contribution in [0.4, 0.5) is 0 Å².